The topological polar surface area (TPSA) is 118 Å². The highest BCUT2D eigenvalue weighted by Gasteiger charge is 2.24. The minimum atomic E-state index is -3.38. The van der Waals surface area contributed by atoms with E-state index in [0.717, 1.165) is 50.6 Å². The Kier molecular flexibility index (Phi) is 14.6. The van der Waals surface area contributed by atoms with Gasteiger partial charge < -0.3 is 5.32 Å². The zero-order valence-corrected chi connectivity index (χ0v) is 18.9. The summed E-state index contributed by atoms with van der Waals surface area (Å²) in [6, 6.07) is 3.62. The summed E-state index contributed by atoms with van der Waals surface area (Å²) in [4.78, 5) is 8.36. The number of aromatic nitrogens is 1. The van der Waals surface area contributed by atoms with Crippen LogP contribution in [0.1, 0.15) is 58.8 Å². The number of nitrogens with one attached hydrogen (secondary N) is 2. The van der Waals surface area contributed by atoms with Crippen LogP contribution in [0.4, 0.5) is 5.69 Å². The van der Waals surface area contributed by atoms with Crippen LogP contribution >= 0.6 is 7.82 Å². The third-order valence-electron chi connectivity index (χ3n) is 4.01. The second-order valence-electron chi connectivity index (χ2n) is 6.42. The van der Waals surface area contributed by atoms with Crippen molar-refractivity contribution in [3.05, 3.63) is 24.5 Å². The van der Waals surface area contributed by atoms with Gasteiger partial charge >= 0.3 is 7.82 Å². The van der Waals surface area contributed by atoms with Crippen LogP contribution in [0.5, 0.6) is 0 Å². The highest BCUT2D eigenvalue weighted by molar-refractivity contribution is 7.48. The van der Waals surface area contributed by atoms with Crippen LogP contribution in [0.3, 0.4) is 0 Å². The number of nitriles is 1. The van der Waals surface area contributed by atoms with Gasteiger partial charge in [0.05, 0.1) is 19.8 Å². The Balaban J connectivity index is 2.08. The van der Waals surface area contributed by atoms with Crippen molar-refractivity contribution in [2.75, 3.05) is 31.7 Å². The highest BCUT2D eigenvalue weighted by Crippen LogP contribution is 2.49. The Hall–Kier alpha value is -1.98. The summed E-state index contributed by atoms with van der Waals surface area (Å²) >= 11 is 0. The number of phosphoric acid groups is 1. The average molecular weight is 439 g/mol. The summed E-state index contributed by atoms with van der Waals surface area (Å²) in [5, 5.41) is 14.5. The van der Waals surface area contributed by atoms with Gasteiger partial charge in [0, 0.05) is 24.6 Å². The molecule has 2 N–H and O–H groups in total. The first-order valence-electron chi connectivity index (χ1n) is 10.5. The van der Waals surface area contributed by atoms with Crippen molar-refractivity contribution >= 4 is 19.5 Å². The van der Waals surface area contributed by atoms with Gasteiger partial charge in [0.25, 0.3) is 0 Å². The number of nitrogens with zero attached hydrogens (tertiary/aromatic N) is 3. The Labute approximate surface area is 179 Å². The molecule has 168 valence electrons. The molecule has 1 heterocycles. The van der Waals surface area contributed by atoms with Gasteiger partial charge in [-0.05, 0) is 38.8 Å². The SMILES string of the molecule is CCOP(=O)(OCC)OCCCCCCCCCN=C(NC#N)Nc1ccncc1. The van der Waals surface area contributed by atoms with Crippen molar-refractivity contribution in [2.24, 2.45) is 4.99 Å². The molecule has 0 atom stereocenters. The summed E-state index contributed by atoms with van der Waals surface area (Å²) < 4.78 is 27.6. The fourth-order valence-electron chi connectivity index (χ4n) is 2.63. The summed E-state index contributed by atoms with van der Waals surface area (Å²) in [6.45, 7) is 5.16. The fraction of sp³-hybridized carbons (Fsp3) is 0.650. The molecule has 10 heteroatoms. The van der Waals surface area contributed by atoms with Crippen molar-refractivity contribution in [3.63, 3.8) is 0 Å². The number of hydrogen-bond donors (Lipinski definition) is 2. The number of phosphoric ester groups is 1. The Morgan fingerprint density at radius 2 is 1.63 bits per heavy atom. The molecule has 0 radical (unpaired) electrons. The van der Waals surface area contributed by atoms with Gasteiger partial charge in [-0.25, -0.2) is 4.57 Å². The van der Waals surface area contributed by atoms with Crippen molar-refractivity contribution in [3.8, 4) is 6.19 Å². The third kappa shape index (κ3) is 12.6. The molecule has 0 spiro atoms. The zero-order chi connectivity index (χ0) is 21.9. The van der Waals surface area contributed by atoms with E-state index in [2.05, 4.69) is 20.6 Å². The van der Waals surface area contributed by atoms with Gasteiger partial charge in [-0.15, -0.1) is 0 Å². The summed E-state index contributed by atoms with van der Waals surface area (Å²) in [5.74, 6) is 0.445. The lowest BCUT2D eigenvalue weighted by Crippen LogP contribution is -2.27. The van der Waals surface area contributed by atoms with Crippen LogP contribution in [0.15, 0.2) is 29.5 Å². The average Bonchev–Trinajstić information content (AvgIpc) is 2.73. The molecule has 0 aliphatic carbocycles. The lowest BCUT2D eigenvalue weighted by molar-refractivity contribution is 0.120. The molecule has 9 nitrogen and oxygen atoms in total. The molecule has 0 saturated carbocycles. The van der Waals surface area contributed by atoms with Crippen LogP contribution in [0.25, 0.3) is 0 Å². The molecule has 1 aromatic heterocycles. The third-order valence-corrected chi connectivity index (χ3v) is 5.66. The fourth-order valence-corrected chi connectivity index (χ4v) is 3.84. The molecule has 0 unspecified atom stereocenters. The summed E-state index contributed by atoms with van der Waals surface area (Å²) in [7, 11) is -3.38. The van der Waals surface area contributed by atoms with Gasteiger partial charge in [-0.2, -0.15) is 5.26 Å². The zero-order valence-electron chi connectivity index (χ0n) is 18.0. The van der Waals surface area contributed by atoms with E-state index in [1.807, 2.05) is 18.3 Å². The number of pyridine rings is 1. The van der Waals surface area contributed by atoms with Crippen molar-refractivity contribution in [1.29, 1.82) is 5.26 Å². The first-order chi connectivity index (χ1) is 14.6. The van der Waals surface area contributed by atoms with Crippen LogP contribution in [-0.4, -0.2) is 37.3 Å². The minimum absolute atomic E-state index is 0.301. The molecular formula is C20H34N5O4P. The molecule has 0 bridgehead atoms. The van der Waals surface area contributed by atoms with E-state index in [4.69, 9.17) is 18.8 Å². The van der Waals surface area contributed by atoms with E-state index in [1.165, 1.54) is 0 Å². The van der Waals surface area contributed by atoms with Crippen LogP contribution in [0, 0.1) is 11.5 Å². The summed E-state index contributed by atoms with van der Waals surface area (Å²) in [6.07, 6.45) is 12.5. The highest BCUT2D eigenvalue weighted by atomic mass is 31.2. The Morgan fingerprint density at radius 3 is 2.23 bits per heavy atom. The molecule has 0 saturated heterocycles. The van der Waals surface area contributed by atoms with Gasteiger partial charge in [-0.1, -0.05) is 32.1 Å². The van der Waals surface area contributed by atoms with E-state index in [1.54, 1.807) is 26.2 Å². The molecule has 0 fully saturated rings. The maximum absolute atomic E-state index is 12.1. The van der Waals surface area contributed by atoms with E-state index < -0.39 is 7.82 Å². The molecule has 0 aliphatic heterocycles. The molecule has 0 aliphatic rings. The number of anilines is 1. The second kappa shape index (κ2) is 16.8. The van der Waals surface area contributed by atoms with Gasteiger partial charge in [-0.3, -0.25) is 28.9 Å². The van der Waals surface area contributed by atoms with Crippen molar-refractivity contribution in [2.45, 2.75) is 58.8 Å². The normalized spacial score (nSPS) is 11.8. The van der Waals surface area contributed by atoms with Crippen LogP contribution in [-0.2, 0) is 18.1 Å². The largest absolute Gasteiger partial charge is 0.474 e. The monoisotopic (exact) mass is 439 g/mol. The van der Waals surface area contributed by atoms with Crippen molar-refractivity contribution in [1.82, 2.24) is 10.3 Å². The van der Waals surface area contributed by atoms with Gasteiger partial charge in [0.2, 0.25) is 5.96 Å². The van der Waals surface area contributed by atoms with E-state index in [-0.39, 0.29) is 0 Å². The number of guanidine groups is 1. The van der Waals surface area contributed by atoms with E-state index in [0.29, 0.717) is 32.3 Å². The predicted octanol–water partition coefficient (Wildman–Crippen LogP) is 4.85. The summed E-state index contributed by atoms with van der Waals surface area (Å²) in [5.41, 5.74) is 0.828. The number of unbranched alkanes of at least 4 members (excludes halogenated alkanes) is 6. The molecule has 0 amide bonds. The number of rotatable bonds is 16. The molecule has 1 rings (SSSR count). The Morgan fingerprint density at radius 1 is 1.03 bits per heavy atom. The Bertz CT molecular complexity index is 672. The first kappa shape index (κ1) is 26.1. The maximum atomic E-state index is 12.1. The quantitative estimate of drug-likeness (QED) is 0.0937. The minimum Gasteiger partial charge on any atom is -0.325 e. The van der Waals surface area contributed by atoms with Gasteiger partial charge in [0.1, 0.15) is 0 Å². The smallest absolute Gasteiger partial charge is 0.325 e. The van der Waals surface area contributed by atoms with E-state index in [9.17, 15) is 4.57 Å². The number of aliphatic imine (C=N–C) groups is 1. The molecular weight excluding hydrogens is 405 g/mol. The van der Waals surface area contributed by atoms with Crippen LogP contribution in [0.2, 0.25) is 0 Å². The standard InChI is InChI=1S/C20H34N5O4P/c1-3-27-30(26,28-4-2)29-17-11-9-7-5-6-8-10-14-23-20(24-18-21)25-19-12-15-22-16-13-19/h12-13,15-16H,3-11,14,17H2,1-2H3,(H2,22,23,24,25). The van der Waals surface area contributed by atoms with Gasteiger partial charge in [0.15, 0.2) is 6.19 Å². The van der Waals surface area contributed by atoms with Crippen LogP contribution < -0.4 is 10.6 Å². The molecule has 1 aromatic rings. The number of hydrogen-bond acceptors (Lipinski definition) is 7. The first-order valence-corrected chi connectivity index (χ1v) is 12.0. The predicted molar refractivity (Wildman–Crippen MR) is 118 cm³/mol. The lowest BCUT2D eigenvalue weighted by atomic mass is 10.1. The second-order valence-corrected chi connectivity index (χ2v) is 8.09. The maximum Gasteiger partial charge on any atom is 0.474 e. The van der Waals surface area contributed by atoms with E-state index >= 15 is 0 Å². The van der Waals surface area contributed by atoms with Crippen molar-refractivity contribution < 1.29 is 18.1 Å². The molecule has 0 aromatic carbocycles. The lowest BCUT2D eigenvalue weighted by Gasteiger charge is -2.16. The molecule has 30 heavy (non-hydrogen) atoms.